The van der Waals surface area contributed by atoms with Gasteiger partial charge in [-0.05, 0) is 23.8 Å². The van der Waals surface area contributed by atoms with Gasteiger partial charge in [0, 0.05) is 12.0 Å². The number of para-hydroxylation sites is 2. The van der Waals surface area contributed by atoms with E-state index in [0.717, 1.165) is 11.3 Å². The van der Waals surface area contributed by atoms with Crippen LogP contribution in [0.25, 0.3) is 0 Å². The number of Topliss-reactive ketones (excluding diaryl/α,β-unsaturated/α-hetero) is 1. The number of amides is 2. The second-order valence-electron chi connectivity index (χ2n) is 6.76. The lowest BCUT2D eigenvalue weighted by Crippen LogP contribution is -2.50. The van der Waals surface area contributed by atoms with Crippen LogP contribution in [-0.2, 0) is 6.42 Å². The van der Waals surface area contributed by atoms with Crippen LogP contribution in [0.1, 0.15) is 15.9 Å². The van der Waals surface area contributed by atoms with Crippen LogP contribution in [0.2, 0.25) is 19.6 Å². The van der Waals surface area contributed by atoms with Gasteiger partial charge in [0.05, 0.1) is 11.4 Å². The van der Waals surface area contributed by atoms with Gasteiger partial charge in [0.25, 0.3) is 0 Å². The summed E-state index contributed by atoms with van der Waals surface area (Å²) in [5.41, 5.74) is 2.90. The number of hydrogen-bond donors (Lipinski definition) is 1. The van der Waals surface area contributed by atoms with Gasteiger partial charge >= 0.3 is 6.03 Å². The fourth-order valence-electron chi connectivity index (χ4n) is 2.78. The summed E-state index contributed by atoms with van der Waals surface area (Å²) in [7, 11) is -1.81. The highest BCUT2D eigenvalue weighted by Gasteiger charge is 2.30. The molecule has 2 aromatic carbocycles. The Morgan fingerprint density at radius 3 is 2.30 bits per heavy atom. The van der Waals surface area contributed by atoms with E-state index in [1.807, 2.05) is 42.5 Å². The molecule has 1 heterocycles. The van der Waals surface area contributed by atoms with Crippen LogP contribution in [0, 0.1) is 0 Å². The molecule has 5 heteroatoms. The number of carbonyl (C=O) groups excluding carboxylic acids is 2. The van der Waals surface area contributed by atoms with Gasteiger partial charge in [-0.3, -0.25) is 9.69 Å². The molecule has 0 aromatic heterocycles. The van der Waals surface area contributed by atoms with Gasteiger partial charge in [-0.1, -0.05) is 50.0 Å². The molecular weight excluding hydrogens is 304 g/mol. The summed E-state index contributed by atoms with van der Waals surface area (Å²) in [6, 6.07) is 14.7. The predicted octanol–water partition coefficient (Wildman–Crippen LogP) is 4.11. The standard InChI is InChI=1S/C18H20N2O2Si/c1-23(2,3)19-18(22)20-15-10-6-4-8-13(15)12-17(21)14-9-5-7-11-16(14)20/h4-11H,12H2,1-3H3,(H,19,22). The van der Waals surface area contributed by atoms with E-state index >= 15 is 0 Å². The molecule has 2 aromatic rings. The quantitative estimate of drug-likeness (QED) is 0.803. The first-order valence-electron chi connectivity index (χ1n) is 7.69. The average Bonchev–Trinajstić information content (AvgIpc) is 2.59. The molecule has 4 nitrogen and oxygen atoms in total. The maximum absolute atomic E-state index is 12.9. The van der Waals surface area contributed by atoms with E-state index < -0.39 is 8.24 Å². The van der Waals surface area contributed by atoms with E-state index in [-0.39, 0.29) is 11.8 Å². The molecule has 1 aliphatic rings. The first kappa shape index (κ1) is 15.5. The number of benzene rings is 2. The maximum atomic E-state index is 12.9. The molecule has 23 heavy (non-hydrogen) atoms. The van der Waals surface area contributed by atoms with Crippen LogP contribution in [0.15, 0.2) is 48.5 Å². The smallest absolute Gasteiger partial charge is 0.318 e. The highest BCUT2D eigenvalue weighted by atomic mass is 28.3. The number of nitrogens with one attached hydrogen (secondary N) is 1. The molecule has 0 aliphatic carbocycles. The molecular formula is C18H20N2O2Si. The molecule has 0 spiro atoms. The number of urea groups is 1. The van der Waals surface area contributed by atoms with E-state index in [1.54, 1.807) is 11.0 Å². The molecule has 118 valence electrons. The lowest BCUT2D eigenvalue weighted by atomic mass is 10.0. The van der Waals surface area contributed by atoms with Gasteiger partial charge in [0.2, 0.25) is 0 Å². The molecule has 3 rings (SSSR count). The monoisotopic (exact) mass is 324 g/mol. The molecule has 1 aliphatic heterocycles. The Hall–Kier alpha value is -2.40. The van der Waals surface area contributed by atoms with Crippen molar-refractivity contribution in [2.45, 2.75) is 26.1 Å². The number of nitrogens with zero attached hydrogens (tertiary/aromatic N) is 1. The predicted molar refractivity (Wildman–Crippen MR) is 94.9 cm³/mol. The summed E-state index contributed by atoms with van der Waals surface area (Å²) >= 11 is 0. The van der Waals surface area contributed by atoms with E-state index in [4.69, 9.17) is 0 Å². The van der Waals surface area contributed by atoms with E-state index in [0.29, 0.717) is 17.7 Å². The summed E-state index contributed by atoms with van der Waals surface area (Å²) in [4.78, 5) is 30.3. The minimum Gasteiger partial charge on any atom is -0.364 e. The first-order chi connectivity index (χ1) is 10.9. The van der Waals surface area contributed by atoms with Crippen molar-refractivity contribution in [3.8, 4) is 0 Å². The number of fused-ring (bicyclic) bond motifs is 2. The lowest BCUT2D eigenvalue weighted by molar-refractivity contribution is 0.0994. The topological polar surface area (TPSA) is 49.4 Å². The van der Waals surface area contributed by atoms with Gasteiger partial charge in [-0.2, -0.15) is 0 Å². The largest absolute Gasteiger partial charge is 0.364 e. The van der Waals surface area contributed by atoms with Gasteiger partial charge in [-0.25, -0.2) is 4.79 Å². The fourth-order valence-corrected chi connectivity index (χ4v) is 3.53. The maximum Gasteiger partial charge on any atom is 0.318 e. The molecule has 0 unspecified atom stereocenters. The molecule has 2 amide bonds. The Morgan fingerprint density at radius 1 is 1.00 bits per heavy atom. The number of hydrogen-bond acceptors (Lipinski definition) is 2. The van der Waals surface area contributed by atoms with Crippen LogP contribution < -0.4 is 9.88 Å². The van der Waals surface area contributed by atoms with Crippen molar-refractivity contribution >= 4 is 31.4 Å². The zero-order chi connectivity index (χ0) is 16.6. The van der Waals surface area contributed by atoms with Crippen molar-refractivity contribution in [3.63, 3.8) is 0 Å². The number of carbonyl (C=O) groups is 2. The summed E-state index contributed by atoms with van der Waals surface area (Å²) in [6.45, 7) is 6.23. The summed E-state index contributed by atoms with van der Waals surface area (Å²) < 4.78 is 0. The minimum atomic E-state index is -1.81. The van der Waals surface area contributed by atoms with E-state index in [1.165, 1.54) is 0 Å². The normalized spacial score (nSPS) is 13.9. The van der Waals surface area contributed by atoms with E-state index in [9.17, 15) is 9.59 Å². The lowest BCUT2D eigenvalue weighted by Gasteiger charge is -2.28. The minimum absolute atomic E-state index is 0.0383. The Kier molecular flexibility index (Phi) is 3.81. The fraction of sp³-hybridized carbons (Fsp3) is 0.222. The molecule has 0 bridgehead atoms. The Labute approximate surface area is 137 Å². The molecule has 0 fully saturated rings. The van der Waals surface area contributed by atoms with Gasteiger partial charge in [-0.15, -0.1) is 0 Å². The van der Waals surface area contributed by atoms with Crippen LogP contribution in [0.4, 0.5) is 16.2 Å². The van der Waals surface area contributed by atoms with Crippen molar-refractivity contribution in [1.82, 2.24) is 4.98 Å². The highest BCUT2D eigenvalue weighted by Crippen LogP contribution is 2.36. The van der Waals surface area contributed by atoms with Crippen molar-refractivity contribution in [2.24, 2.45) is 0 Å². The van der Waals surface area contributed by atoms with Gasteiger partial charge < -0.3 is 4.98 Å². The van der Waals surface area contributed by atoms with Crippen molar-refractivity contribution in [2.75, 3.05) is 4.90 Å². The van der Waals surface area contributed by atoms with Gasteiger partial charge in [0.15, 0.2) is 5.78 Å². The highest BCUT2D eigenvalue weighted by molar-refractivity contribution is 6.76. The third-order valence-corrected chi connectivity index (χ3v) is 4.68. The molecule has 0 saturated heterocycles. The SMILES string of the molecule is C[Si](C)(C)NC(=O)N1c2ccccc2CC(=O)c2ccccc21. The van der Waals surface area contributed by atoms with Crippen molar-refractivity contribution in [1.29, 1.82) is 0 Å². The molecule has 0 saturated carbocycles. The summed E-state index contributed by atoms with van der Waals surface area (Å²) in [5, 5.41) is 0. The summed E-state index contributed by atoms with van der Waals surface area (Å²) in [6.07, 6.45) is 0.309. The van der Waals surface area contributed by atoms with Gasteiger partial charge in [0.1, 0.15) is 8.24 Å². The number of ketones is 1. The first-order valence-corrected chi connectivity index (χ1v) is 11.2. The molecule has 1 N–H and O–H groups in total. The Morgan fingerprint density at radius 2 is 1.61 bits per heavy atom. The van der Waals surface area contributed by atoms with Crippen LogP contribution in [0.5, 0.6) is 0 Å². The van der Waals surface area contributed by atoms with Crippen molar-refractivity contribution < 1.29 is 9.59 Å². The van der Waals surface area contributed by atoms with Crippen LogP contribution in [-0.4, -0.2) is 20.0 Å². The third kappa shape index (κ3) is 3.05. The third-order valence-electron chi connectivity index (χ3n) is 3.71. The zero-order valence-electron chi connectivity index (χ0n) is 13.6. The molecule has 0 atom stereocenters. The van der Waals surface area contributed by atoms with Crippen LogP contribution >= 0.6 is 0 Å². The van der Waals surface area contributed by atoms with E-state index in [2.05, 4.69) is 24.6 Å². The zero-order valence-corrected chi connectivity index (χ0v) is 14.6. The number of rotatable bonds is 1. The Bertz CT molecular complexity index is 781. The van der Waals surface area contributed by atoms with Crippen molar-refractivity contribution in [3.05, 3.63) is 59.7 Å². The summed E-state index contributed by atoms with van der Waals surface area (Å²) in [5.74, 6) is 0.0383. The average molecular weight is 324 g/mol. The second-order valence-corrected chi connectivity index (χ2v) is 11.5. The molecule has 0 radical (unpaired) electrons. The number of anilines is 2. The second kappa shape index (κ2) is 5.66. The van der Waals surface area contributed by atoms with Crippen LogP contribution in [0.3, 0.4) is 0 Å². The Balaban J connectivity index is 2.18.